The lowest BCUT2D eigenvalue weighted by molar-refractivity contribution is -0.350. The lowest BCUT2D eigenvalue weighted by atomic mass is 9.67. The van der Waals surface area contributed by atoms with Crippen molar-refractivity contribution >= 4 is 10.8 Å². The Labute approximate surface area is 141 Å². The molecule has 0 saturated heterocycles. The highest BCUT2D eigenvalue weighted by Gasteiger charge is 2.70. The Morgan fingerprint density at radius 1 is 0.880 bits per heavy atom. The number of hydrogen-bond donors (Lipinski definition) is 0. The fraction of sp³-hybridized carbons (Fsp3) is 0.474. The van der Waals surface area contributed by atoms with Gasteiger partial charge in [0.25, 0.3) is 0 Å². The van der Waals surface area contributed by atoms with E-state index in [0.29, 0.717) is 0 Å². The summed E-state index contributed by atoms with van der Waals surface area (Å²) in [6.45, 7) is 1.88. The molecule has 0 heterocycles. The molecule has 0 radical (unpaired) electrons. The van der Waals surface area contributed by atoms with Gasteiger partial charge in [-0.1, -0.05) is 42.0 Å². The quantitative estimate of drug-likeness (QED) is 0.484. The molecule has 0 nitrogen and oxygen atoms in total. The van der Waals surface area contributed by atoms with Gasteiger partial charge < -0.3 is 0 Å². The summed E-state index contributed by atoms with van der Waals surface area (Å²) in [5, 5.41) is 1.87. The molecular weight excluding hydrogens is 342 g/mol. The van der Waals surface area contributed by atoms with E-state index in [2.05, 4.69) is 0 Å². The second kappa shape index (κ2) is 5.92. The summed E-state index contributed by atoms with van der Waals surface area (Å²) < 4.78 is 79.3. The first-order valence-corrected chi connectivity index (χ1v) is 8.18. The summed E-state index contributed by atoms with van der Waals surface area (Å²) in [5.41, 5.74) is -1.76. The zero-order chi connectivity index (χ0) is 18.5. The van der Waals surface area contributed by atoms with Crippen LogP contribution >= 0.6 is 0 Å². The Hall–Kier alpha value is -1.72. The van der Waals surface area contributed by atoms with E-state index in [-0.39, 0.29) is 18.8 Å². The average Bonchev–Trinajstić information content (AvgIpc) is 2.52. The summed E-state index contributed by atoms with van der Waals surface area (Å²) in [4.78, 5) is 0. The highest BCUT2D eigenvalue weighted by atomic mass is 19.4. The minimum atomic E-state index is -5.27. The molecule has 2 aromatic carbocycles. The summed E-state index contributed by atoms with van der Waals surface area (Å²) >= 11 is 0. The molecule has 1 fully saturated rings. The standard InChI is InChI=1S/C19H18F6/c1-12-10-14-4-2-3-5-15(14)16(11-12)13-6-8-17(9-7-13,18(20,21)22)19(23,24)25/h2-5,10-11,13H,6-9H2,1H3. The molecule has 0 bridgehead atoms. The molecule has 6 heteroatoms. The van der Waals surface area contributed by atoms with E-state index in [1.165, 1.54) is 0 Å². The highest BCUT2D eigenvalue weighted by Crippen LogP contribution is 2.60. The molecule has 3 rings (SSSR count). The predicted octanol–water partition coefficient (Wildman–Crippen LogP) is 6.92. The molecule has 0 aliphatic heterocycles. The largest absolute Gasteiger partial charge is 0.403 e. The number of aryl methyl sites for hydroxylation is 1. The van der Waals surface area contributed by atoms with Gasteiger partial charge in [0, 0.05) is 0 Å². The number of halogens is 6. The third-order valence-corrected chi connectivity index (χ3v) is 5.40. The normalized spacial score (nSPS) is 19.3. The van der Waals surface area contributed by atoms with Crippen LogP contribution in [0.5, 0.6) is 0 Å². The van der Waals surface area contributed by atoms with E-state index >= 15 is 0 Å². The molecule has 1 saturated carbocycles. The third kappa shape index (κ3) is 3.00. The Balaban J connectivity index is 1.95. The van der Waals surface area contributed by atoms with Gasteiger partial charge in [-0.15, -0.1) is 0 Å². The van der Waals surface area contributed by atoms with Crippen molar-refractivity contribution in [1.82, 2.24) is 0 Å². The monoisotopic (exact) mass is 360 g/mol. The van der Waals surface area contributed by atoms with E-state index in [0.717, 1.165) is 21.9 Å². The van der Waals surface area contributed by atoms with Crippen molar-refractivity contribution in [3.8, 4) is 0 Å². The van der Waals surface area contributed by atoms with Crippen LogP contribution in [0.2, 0.25) is 0 Å². The number of benzene rings is 2. The van der Waals surface area contributed by atoms with E-state index in [1.54, 1.807) is 0 Å². The van der Waals surface area contributed by atoms with Crippen LogP contribution in [0.4, 0.5) is 26.3 Å². The topological polar surface area (TPSA) is 0 Å². The van der Waals surface area contributed by atoms with E-state index in [4.69, 9.17) is 0 Å². The molecule has 1 aliphatic rings. The van der Waals surface area contributed by atoms with Crippen molar-refractivity contribution < 1.29 is 26.3 Å². The summed E-state index contributed by atoms with van der Waals surface area (Å²) in [5.74, 6) is -0.289. The van der Waals surface area contributed by atoms with Crippen LogP contribution < -0.4 is 0 Å². The van der Waals surface area contributed by atoms with Gasteiger partial charge in [-0.05, 0) is 54.9 Å². The zero-order valence-corrected chi connectivity index (χ0v) is 13.6. The van der Waals surface area contributed by atoms with Gasteiger partial charge in [0.05, 0.1) is 0 Å². The van der Waals surface area contributed by atoms with Gasteiger partial charge in [0.1, 0.15) is 0 Å². The van der Waals surface area contributed by atoms with Crippen molar-refractivity contribution in [1.29, 1.82) is 0 Å². The van der Waals surface area contributed by atoms with Crippen molar-refractivity contribution in [2.45, 2.75) is 50.9 Å². The Morgan fingerprint density at radius 3 is 2.00 bits per heavy atom. The van der Waals surface area contributed by atoms with Crippen LogP contribution in [-0.4, -0.2) is 12.4 Å². The van der Waals surface area contributed by atoms with Gasteiger partial charge in [-0.25, -0.2) is 0 Å². The first-order valence-electron chi connectivity index (χ1n) is 8.18. The highest BCUT2D eigenvalue weighted by molar-refractivity contribution is 5.87. The van der Waals surface area contributed by atoms with E-state index in [1.807, 2.05) is 43.3 Å². The maximum atomic E-state index is 13.2. The fourth-order valence-corrected chi connectivity index (χ4v) is 3.98. The number of rotatable bonds is 1. The van der Waals surface area contributed by atoms with Gasteiger partial charge in [-0.2, -0.15) is 26.3 Å². The maximum absolute atomic E-state index is 13.2. The van der Waals surface area contributed by atoms with E-state index < -0.39 is 30.6 Å². The lowest BCUT2D eigenvalue weighted by Crippen LogP contribution is -2.51. The Kier molecular flexibility index (Phi) is 4.28. The molecule has 136 valence electrons. The van der Waals surface area contributed by atoms with Gasteiger partial charge >= 0.3 is 12.4 Å². The summed E-state index contributed by atoms with van der Waals surface area (Å²) in [6.07, 6.45) is -12.6. The molecule has 1 aliphatic carbocycles. The van der Waals surface area contributed by atoms with Gasteiger partial charge in [0.2, 0.25) is 0 Å². The molecule has 25 heavy (non-hydrogen) atoms. The molecule has 0 N–H and O–H groups in total. The molecular formula is C19H18F6. The lowest BCUT2D eigenvalue weighted by Gasteiger charge is -2.42. The van der Waals surface area contributed by atoms with Crippen molar-refractivity contribution in [2.24, 2.45) is 5.41 Å². The van der Waals surface area contributed by atoms with Crippen LogP contribution in [0.25, 0.3) is 10.8 Å². The third-order valence-electron chi connectivity index (χ3n) is 5.40. The summed E-state index contributed by atoms with van der Waals surface area (Å²) in [6, 6.07) is 11.3. The first-order chi connectivity index (χ1) is 11.6. The average molecular weight is 360 g/mol. The molecule has 0 unspecified atom stereocenters. The molecule has 0 aromatic heterocycles. The minimum absolute atomic E-state index is 0.119. The van der Waals surface area contributed by atoms with Crippen molar-refractivity contribution in [2.75, 3.05) is 0 Å². The molecule has 0 atom stereocenters. The SMILES string of the molecule is Cc1cc(C2CCC(C(F)(F)F)(C(F)(F)F)CC2)c2ccccc2c1. The Morgan fingerprint density at radius 2 is 1.44 bits per heavy atom. The number of alkyl halides is 6. The van der Waals surface area contributed by atoms with Crippen LogP contribution in [0.1, 0.15) is 42.7 Å². The van der Waals surface area contributed by atoms with Crippen LogP contribution in [0.15, 0.2) is 36.4 Å². The van der Waals surface area contributed by atoms with Crippen LogP contribution in [0, 0.1) is 12.3 Å². The van der Waals surface area contributed by atoms with E-state index in [9.17, 15) is 26.3 Å². The van der Waals surface area contributed by atoms with Crippen molar-refractivity contribution in [3.05, 3.63) is 47.5 Å². The number of fused-ring (bicyclic) bond motifs is 1. The Bertz CT molecular complexity index is 748. The van der Waals surface area contributed by atoms with Gasteiger partial charge in [0.15, 0.2) is 5.41 Å². The minimum Gasteiger partial charge on any atom is -0.170 e. The molecule has 2 aromatic rings. The molecule has 0 amide bonds. The van der Waals surface area contributed by atoms with Gasteiger partial charge in [-0.3, -0.25) is 0 Å². The van der Waals surface area contributed by atoms with Crippen LogP contribution in [0.3, 0.4) is 0 Å². The summed E-state index contributed by atoms with van der Waals surface area (Å²) in [7, 11) is 0. The number of hydrogen-bond acceptors (Lipinski definition) is 0. The second-order valence-electron chi connectivity index (χ2n) is 6.93. The second-order valence-corrected chi connectivity index (χ2v) is 6.93. The first kappa shape index (κ1) is 18.1. The van der Waals surface area contributed by atoms with Crippen molar-refractivity contribution in [3.63, 3.8) is 0 Å². The molecule has 0 spiro atoms. The maximum Gasteiger partial charge on any atom is 0.403 e. The van der Waals surface area contributed by atoms with Crippen LogP contribution in [-0.2, 0) is 0 Å². The predicted molar refractivity (Wildman–Crippen MR) is 84.4 cm³/mol. The fourth-order valence-electron chi connectivity index (χ4n) is 3.98. The zero-order valence-electron chi connectivity index (χ0n) is 13.6. The smallest absolute Gasteiger partial charge is 0.170 e.